The Morgan fingerprint density at radius 3 is 2.50 bits per heavy atom. The molecule has 0 heterocycles. The number of hydrogen-bond donors (Lipinski definition) is 2. The summed E-state index contributed by atoms with van der Waals surface area (Å²) in [5.74, 6) is 6.36. The van der Waals surface area contributed by atoms with E-state index in [0.29, 0.717) is 6.04 Å². The molecule has 3 heteroatoms. The predicted octanol–water partition coefficient (Wildman–Crippen LogP) is 1.82. The van der Waals surface area contributed by atoms with Gasteiger partial charge in [0.15, 0.2) is 0 Å². The van der Waals surface area contributed by atoms with E-state index >= 15 is 0 Å². The van der Waals surface area contributed by atoms with Crippen molar-refractivity contribution in [2.24, 2.45) is 11.8 Å². The summed E-state index contributed by atoms with van der Waals surface area (Å²) in [6.45, 7) is 4.25. The molecule has 1 rings (SSSR count). The molecule has 1 fully saturated rings. The lowest BCUT2D eigenvalue weighted by atomic mass is 9.77. The van der Waals surface area contributed by atoms with Gasteiger partial charge in [0.25, 0.3) is 0 Å². The minimum Gasteiger partial charge on any atom is -0.379 e. The molecule has 3 nitrogen and oxygen atoms in total. The minimum atomic E-state index is -0.0150. The molecule has 0 saturated heterocycles. The number of methoxy groups -OCH3 is 1. The van der Waals surface area contributed by atoms with Crippen molar-refractivity contribution in [3.05, 3.63) is 0 Å². The Morgan fingerprint density at radius 2 is 2.14 bits per heavy atom. The second-order valence-electron chi connectivity index (χ2n) is 4.97. The molecule has 0 bridgehead atoms. The summed E-state index contributed by atoms with van der Waals surface area (Å²) in [4.78, 5) is 0. The van der Waals surface area contributed by atoms with Crippen LogP contribution in [0.4, 0.5) is 0 Å². The molecule has 0 amide bonds. The van der Waals surface area contributed by atoms with Crippen molar-refractivity contribution in [3.63, 3.8) is 0 Å². The van der Waals surface area contributed by atoms with Gasteiger partial charge in [-0.15, -0.1) is 0 Å². The van der Waals surface area contributed by atoms with Crippen LogP contribution in [0.2, 0.25) is 0 Å². The number of hydrogen-bond acceptors (Lipinski definition) is 3. The molecule has 84 valence electrons. The fourth-order valence-corrected chi connectivity index (χ4v) is 1.90. The maximum absolute atomic E-state index is 5.56. The molecular weight excluding hydrogens is 176 g/mol. The number of ether oxygens (including phenoxy) is 1. The zero-order chi connectivity index (χ0) is 10.6. The van der Waals surface area contributed by atoms with Crippen molar-refractivity contribution >= 4 is 0 Å². The highest BCUT2D eigenvalue weighted by molar-refractivity contribution is 4.83. The first kappa shape index (κ1) is 12.0. The highest BCUT2D eigenvalue weighted by Gasteiger charge is 2.28. The van der Waals surface area contributed by atoms with Crippen LogP contribution in [-0.4, -0.2) is 18.8 Å². The highest BCUT2D eigenvalue weighted by Crippen LogP contribution is 2.32. The summed E-state index contributed by atoms with van der Waals surface area (Å²) < 4.78 is 5.40. The predicted molar refractivity (Wildman–Crippen MR) is 58.8 cm³/mol. The lowest BCUT2D eigenvalue weighted by Crippen LogP contribution is -2.44. The zero-order valence-electron chi connectivity index (χ0n) is 9.68. The molecule has 0 radical (unpaired) electrons. The van der Waals surface area contributed by atoms with Crippen LogP contribution in [0.3, 0.4) is 0 Å². The average Bonchev–Trinajstić information content (AvgIpc) is 2.09. The molecule has 1 atom stereocenters. The van der Waals surface area contributed by atoms with Gasteiger partial charge in [-0.25, -0.2) is 0 Å². The van der Waals surface area contributed by atoms with Gasteiger partial charge in [-0.1, -0.05) is 6.42 Å². The van der Waals surface area contributed by atoms with Crippen LogP contribution in [0.5, 0.6) is 0 Å². The highest BCUT2D eigenvalue weighted by atomic mass is 16.5. The maximum atomic E-state index is 5.56. The summed E-state index contributed by atoms with van der Waals surface area (Å²) in [5.41, 5.74) is 2.93. The van der Waals surface area contributed by atoms with Gasteiger partial charge in [0, 0.05) is 13.2 Å². The minimum absolute atomic E-state index is 0.0150. The third kappa shape index (κ3) is 3.23. The van der Waals surface area contributed by atoms with E-state index in [0.717, 1.165) is 18.8 Å². The van der Waals surface area contributed by atoms with Gasteiger partial charge >= 0.3 is 0 Å². The third-order valence-corrected chi connectivity index (χ3v) is 3.54. The van der Waals surface area contributed by atoms with E-state index in [9.17, 15) is 0 Å². The van der Waals surface area contributed by atoms with Crippen LogP contribution < -0.4 is 11.3 Å². The van der Waals surface area contributed by atoms with Crippen LogP contribution >= 0.6 is 0 Å². The van der Waals surface area contributed by atoms with E-state index in [1.165, 1.54) is 19.3 Å². The monoisotopic (exact) mass is 200 g/mol. The van der Waals surface area contributed by atoms with Crippen molar-refractivity contribution in [1.29, 1.82) is 0 Å². The van der Waals surface area contributed by atoms with Gasteiger partial charge < -0.3 is 4.74 Å². The first-order valence-corrected chi connectivity index (χ1v) is 5.60. The molecule has 1 aliphatic carbocycles. The Labute approximate surface area is 87.4 Å². The maximum Gasteiger partial charge on any atom is 0.0623 e. The molecule has 0 aromatic carbocycles. The smallest absolute Gasteiger partial charge is 0.0623 e. The fourth-order valence-electron chi connectivity index (χ4n) is 1.90. The first-order chi connectivity index (χ1) is 6.59. The molecule has 0 aromatic heterocycles. The SMILES string of the molecule is COC(C)(C)CCC(NN)C1CCC1. The normalized spacial score (nSPS) is 20.6. The van der Waals surface area contributed by atoms with Crippen LogP contribution in [0.25, 0.3) is 0 Å². The van der Waals surface area contributed by atoms with Gasteiger partial charge in [0.05, 0.1) is 5.60 Å². The van der Waals surface area contributed by atoms with Crippen LogP contribution in [0.15, 0.2) is 0 Å². The van der Waals surface area contributed by atoms with E-state index in [1.54, 1.807) is 7.11 Å². The summed E-state index contributed by atoms with van der Waals surface area (Å²) in [5, 5.41) is 0. The zero-order valence-corrected chi connectivity index (χ0v) is 9.68. The molecule has 3 N–H and O–H groups in total. The Balaban J connectivity index is 2.26. The Bertz CT molecular complexity index is 167. The molecular formula is C11H24N2O. The topological polar surface area (TPSA) is 47.3 Å². The summed E-state index contributed by atoms with van der Waals surface area (Å²) in [6, 6.07) is 0.484. The average molecular weight is 200 g/mol. The standard InChI is InChI=1S/C11H24N2O/c1-11(2,14-3)8-7-10(13-12)9-5-4-6-9/h9-10,13H,4-8,12H2,1-3H3. The van der Waals surface area contributed by atoms with E-state index in [4.69, 9.17) is 10.6 Å². The molecule has 0 aliphatic heterocycles. The summed E-state index contributed by atoms with van der Waals surface area (Å²) in [6.07, 6.45) is 6.22. The van der Waals surface area contributed by atoms with E-state index in [2.05, 4.69) is 19.3 Å². The number of hydrazine groups is 1. The van der Waals surface area contributed by atoms with Gasteiger partial charge in [-0.05, 0) is 45.4 Å². The quantitative estimate of drug-likeness (QED) is 0.508. The Hall–Kier alpha value is -0.120. The van der Waals surface area contributed by atoms with Crippen LogP contribution in [0.1, 0.15) is 46.0 Å². The van der Waals surface area contributed by atoms with Crippen molar-refractivity contribution < 1.29 is 4.74 Å². The summed E-state index contributed by atoms with van der Waals surface area (Å²) in [7, 11) is 1.77. The molecule has 0 aromatic rings. The number of nitrogens with one attached hydrogen (secondary N) is 1. The van der Waals surface area contributed by atoms with Crippen molar-refractivity contribution in [3.8, 4) is 0 Å². The lowest BCUT2D eigenvalue weighted by Gasteiger charge is -2.35. The largest absolute Gasteiger partial charge is 0.379 e. The fraction of sp³-hybridized carbons (Fsp3) is 1.00. The second-order valence-corrected chi connectivity index (χ2v) is 4.97. The van der Waals surface area contributed by atoms with E-state index in [-0.39, 0.29) is 5.60 Å². The third-order valence-electron chi connectivity index (χ3n) is 3.54. The van der Waals surface area contributed by atoms with E-state index in [1.807, 2.05) is 0 Å². The molecule has 1 unspecified atom stereocenters. The van der Waals surface area contributed by atoms with Crippen LogP contribution in [0, 0.1) is 5.92 Å². The molecule has 14 heavy (non-hydrogen) atoms. The molecule has 1 aliphatic rings. The van der Waals surface area contributed by atoms with Crippen molar-refractivity contribution in [2.75, 3.05) is 7.11 Å². The summed E-state index contributed by atoms with van der Waals surface area (Å²) >= 11 is 0. The lowest BCUT2D eigenvalue weighted by molar-refractivity contribution is 0.00869. The van der Waals surface area contributed by atoms with Crippen molar-refractivity contribution in [1.82, 2.24) is 5.43 Å². The van der Waals surface area contributed by atoms with E-state index < -0.39 is 0 Å². The first-order valence-electron chi connectivity index (χ1n) is 5.60. The molecule has 0 spiro atoms. The van der Waals surface area contributed by atoms with Gasteiger partial charge in [0.1, 0.15) is 0 Å². The Morgan fingerprint density at radius 1 is 1.50 bits per heavy atom. The Kier molecular flexibility index (Phi) is 4.35. The van der Waals surface area contributed by atoms with Crippen molar-refractivity contribution in [2.45, 2.75) is 57.6 Å². The van der Waals surface area contributed by atoms with Gasteiger partial charge in [-0.3, -0.25) is 11.3 Å². The van der Waals surface area contributed by atoms with Gasteiger partial charge in [-0.2, -0.15) is 0 Å². The van der Waals surface area contributed by atoms with Gasteiger partial charge in [0.2, 0.25) is 0 Å². The second kappa shape index (κ2) is 5.10. The number of nitrogens with two attached hydrogens (primary N) is 1. The van der Waals surface area contributed by atoms with Crippen LogP contribution in [-0.2, 0) is 4.74 Å². The molecule has 1 saturated carbocycles. The number of rotatable bonds is 6.